The van der Waals surface area contributed by atoms with E-state index in [-0.39, 0.29) is 12.8 Å². The van der Waals surface area contributed by atoms with Crippen LogP contribution in [0.15, 0.2) is 30.9 Å². The molecule has 3 N–H and O–H groups in total. The molecule has 0 fully saturated rings. The molecule has 7 heteroatoms. The number of allylic oxidation sites excluding steroid dienone is 1. The first-order valence-corrected chi connectivity index (χ1v) is 8.01. The summed E-state index contributed by atoms with van der Waals surface area (Å²) in [5, 5.41) is 2.47. The molecule has 0 saturated carbocycles. The zero-order valence-electron chi connectivity index (χ0n) is 14.5. The molecule has 0 aliphatic rings. The van der Waals surface area contributed by atoms with Gasteiger partial charge >= 0.3 is 5.97 Å². The van der Waals surface area contributed by atoms with Crippen molar-refractivity contribution in [1.29, 1.82) is 0 Å². The van der Waals surface area contributed by atoms with Gasteiger partial charge in [-0.05, 0) is 38.0 Å². The van der Waals surface area contributed by atoms with E-state index in [2.05, 4.69) is 11.9 Å². The van der Waals surface area contributed by atoms with E-state index >= 15 is 0 Å². The Morgan fingerprint density at radius 1 is 1.36 bits per heavy atom. The first-order chi connectivity index (χ1) is 11.9. The Morgan fingerprint density at radius 3 is 2.64 bits per heavy atom. The highest BCUT2D eigenvalue weighted by atomic mass is 16.5. The molecule has 25 heavy (non-hydrogen) atoms. The average Bonchev–Trinajstić information content (AvgIpc) is 2.53. The van der Waals surface area contributed by atoms with Crippen LogP contribution < -0.4 is 20.5 Å². The summed E-state index contributed by atoms with van der Waals surface area (Å²) < 4.78 is 10.9. The lowest BCUT2D eigenvalue weighted by Crippen LogP contribution is -2.42. The van der Waals surface area contributed by atoms with E-state index in [4.69, 9.17) is 15.2 Å². The van der Waals surface area contributed by atoms with Gasteiger partial charge in [0, 0.05) is 18.9 Å². The number of nitrogens with two attached hydrogens (primary N) is 1. The van der Waals surface area contributed by atoms with Crippen molar-refractivity contribution < 1.29 is 23.9 Å². The topological polar surface area (TPSA) is 108 Å². The standard InChI is InChI=1S/C18H24N2O5/c1-4-6-13-11-14(24-5-2)7-9-16(13)25-18(23)15(20-12(3)21)8-10-17(19)22/h4,7,9,11,15H,1,5-6,8,10H2,2-3H3,(H2,19,22)(H,20,21)/t15-/m0/s1. The van der Waals surface area contributed by atoms with Crippen molar-refractivity contribution in [1.82, 2.24) is 5.32 Å². The lowest BCUT2D eigenvalue weighted by Gasteiger charge is -2.17. The minimum absolute atomic E-state index is 0.0388. The third kappa shape index (κ3) is 7.07. The highest BCUT2D eigenvalue weighted by molar-refractivity contribution is 5.85. The van der Waals surface area contributed by atoms with E-state index in [9.17, 15) is 14.4 Å². The number of carbonyl (C=O) groups is 3. The van der Waals surface area contributed by atoms with E-state index in [0.29, 0.717) is 24.5 Å². The molecule has 1 aromatic rings. The van der Waals surface area contributed by atoms with Crippen LogP contribution in [0.5, 0.6) is 11.5 Å². The molecule has 0 heterocycles. The first kappa shape index (κ1) is 20.2. The Balaban J connectivity index is 2.94. The molecule has 0 aliphatic carbocycles. The van der Waals surface area contributed by atoms with Crippen LogP contribution in [0.25, 0.3) is 0 Å². The number of primary amides is 1. The van der Waals surface area contributed by atoms with Gasteiger partial charge in [-0.25, -0.2) is 4.79 Å². The number of ether oxygens (including phenoxy) is 2. The molecule has 1 aromatic carbocycles. The highest BCUT2D eigenvalue weighted by Crippen LogP contribution is 2.26. The summed E-state index contributed by atoms with van der Waals surface area (Å²) in [6, 6.07) is 4.13. The molecule has 0 radical (unpaired) electrons. The Hall–Kier alpha value is -2.83. The van der Waals surface area contributed by atoms with Crippen molar-refractivity contribution in [3.8, 4) is 11.5 Å². The number of hydrogen-bond donors (Lipinski definition) is 2. The Labute approximate surface area is 147 Å². The molecule has 136 valence electrons. The molecule has 0 spiro atoms. The maximum atomic E-state index is 12.4. The zero-order chi connectivity index (χ0) is 18.8. The summed E-state index contributed by atoms with van der Waals surface area (Å²) in [7, 11) is 0. The normalized spacial score (nSPS) is 11.3. The van der Waals surface area contributed by atoms with Crippen LogP contribution in [0.3, 0.4) is 0 Å². The quantitative estimate of drug-likeness (QED) is 0.378. The van der Waals surface area contributed by atoms with Gasteiger partial charge in [-0.15, -0.1) is 6.58 Å². The van der Waals surface area contributed by atoms with E-state index in [0.717, 1.165) is 5.56 Å². The number of carbonyl (C=O) groups excluding carboxylic acids is 3. The van der Waals surface area contributed by atoms with E-state index < -0.39 is 23.8 Å². The van der Waals surface area contributed by atoms with Gasteiger partial charge in [0.25, 0.3) is 0 Å². The smallest absolute Gasteiger partial charge is 0.334 e. The molecular weight excluding hydrogens is 324 g/mol. The van der Waals surface area contributed by atoms with Crippen molar-refractivity contribution in [2.45, 2.75) is 39.2 Å². The van der Waals surface area contributed by atoms with Crippen LogP contribution in [0.4, 0.5) is 0 Å². The second kappa shape index (κ2) is 10.1. The van der Waals surface area contributed by atoms with Crippen LogP contribution in [-0.2, 0) is 20.8 Å². The molecule has 0 aliphatic heterocycles. The van der Waals surface area contributed by atoms with Gasteiger partial charge in [-0.1, -0.05) is 6.08 Å². The van der Waals surface area contributed by atoms with Crippen molar-refractivity contribution >= 4 is 17.8 Å². The van der Waals surface area contributed by atoms with Crippen LogP contribution in [-0.4, -0.2) is 30.4 Å². The van der Waals surface area contributed by atoms with E-state index in [1.54, 1.807) is 24.3 Å². The van der Waals surface area contributed by atoms with Gasteiger partial charge in [0.15, 0.2) is 0 Å². The van der Waals surface area contributed by atoms with Crippen molar-refractivity contribution in [3.05, 3.63) is 36.4 Å². The zero-order valence-corrected chi connectivity index (χ0v) is 14.5. The van der Waals surface area contributed by atoms with Crippen LogP contribution in [0.2, 0.25) is 0 Å². The SMILES string of the molecule is C=CCc1cc(OCC)ccc1OC(=O)[C@H](CCC(N)=O)NC(C)=O. The average molecular weight is 348 g/mol. The van der Waals surface area contributed by atoms with Gasteiger partial charge in [-0.2, -0.15) is 0 Å². The summed E-state index contributed by atoms with van der Waals surface area (Å²) in [5.41, 5.74) is 5.83. The summed E-state index contributed by atoms with van der Waals surface area (Å²) in [4.78, 5) is 34.6. The number of hydrogen-bond acceptors (Lipinski definition) is 5. The summed E-state index contributed by atoms with van der Waals surface area (Å²) in [6.45, 7) is 7.36. The van der Waals surface area contributed by atoms with Crippen LogP contribution in [0.1, 0.15) is 32.3 Å². The lowest BCUT2D eigenvalue weighted by molar-refractivity contribution is -0.139. The number of amides is 2. The maximum Gasteiger partial charge on any atom is 0.334 e. The van der Waals surface area contributed by atoms with Crippen LogP contribution >= 0.6 is 0 Å². The summed E-state index contributed by atoms with van der Waals surface area (Å²) in [6.07, 6.45) is 2.20. The third-order valence-corrected chi connectivity index (χ3v) is 3.26. The predicted octanol–water partition coefficient (Wildman–Crippen LogP) is 1.49. The van der Waals surface area contributed by atoms with Gasteiger partial charge in [0.2, 0.25) is 11.8 Å². The van der Waals surface area contributed by atoms with E-state index in [1.807, 2.05) is 6.92 Å². The second-order valence-electron chi connectivity index (χ2n) is 5.37. The fourth-order valence-corrected chi connectivity index (χ4v) is 2.19. The predicted molar refractivity (Wildman–Crippen MR) is 93.2 cm³/mol. The van der Waals surface area contributed by atoms with Crippen molar-refractivity contribution in [3.63, 3.8) is 0 Å². The minimum Gasteiger partial charge on any atom is -0.494 e. The Kier molecular flexibility index (Phi) is 8.18. The fourth-order valence-electron chi connectivity index (χ4n) is 2.19. The van der Waals surface area contributed by atoms with Crippen molar-refractivity contribution in [2.24, 2.45) is 5.73 Å². The van der Waals surface area contributed by atoms with Gasteiger partial charge in [-0.3, -0.25) is 9.59 Å². The number of rotatable bonds is 10. The summed E-state index contributed by atoms with van der Waals surface area (Å²) >= 11 is 0. The molecular formula is C18H24N2O5. The van der Waals surface area contributed by atoms with E-state index in [1.165, 1.54) is 6.92 Å². The lowest BCUT2D eigenvalue weighted by atomic mass is 10.1. The molecule has 0 bridgehead atoms. The summed E-state index contributed by atoms with van der Waals surface area (Å²) in [5.74, 6) is -0.610. The van der Waals surface area contributed by atoms with Gasteiger partial charge in [0.1, 0.15) is 17.5 Å². The molecule has 0 unspecified atom stereocenters. The second-order valence-corrected chi connectivity index (χ2v) is 5.37. The first-order valence-electron chi connectivity index (χ1n) is 8.01. The molecule has 0 saturated heterocycles. The molecule has 1 atom stereocenters. The number of nitrogens with one attached hydrogen (secondary N) is 1. The van der Waals surface area contributed by atoms with Gasteiger partial charge in [0.05, 0.1) is 6.61 Å². The number of benzene rings is 1. The maximum absolute atomic E-state index is 12.4. The number of esters is 1. The van der Waals surface area contributed by atoms with Gasteiger partial charge < -0.3 is 20.5 Å². The fraction of sp³-hybridized carbons (Fsp3) is 0.389. The molecule has 2 amide bonds. The third-order valence-electron chi connectivity index (χ3n) is 3.26. The molecule has 1 rings (SSSR count). The highest BCUT2D eigenvalue weighted by Gasteiger charge is 2.23. The largest absolute Gasteiger partial charge is 0.494 e. The Morgan fingerprint density at radius 2 is 2.08 bits per heavy atom. The van der Waals surface area contributed by atoms with Crippen LogP contribution in [0, 0.1) is 0 Å². The monoisotopic (exact) mass is 348 g/mol. The van der Waals surface area contributed by atoms with Crippen molar-refractivity contribution in [2.75, 3.05) is 6.61 Å². The molecule has 0 aromatic heterocycles. The Bertz CT molecular complexity index is 642. The molecule has 7 nitrogen and oxygen atoms in total. The minimum atomic E-state index is -0.951.